The molecule has 0 heterocycles. The maximum Gasteiger partial charge on any atom is 0.434 e. The molecule has 0 saturated heterocycles. The number of allylic oxidation sites excluding steroid dienone is 2. The van der Waals surface area contributed by atoms with Crippen LogP contribution in [0.2, 0.25) is 0 Å². The molecule has 2 unspecified atom stereocenters. The molecular weight excluding hydrogens is 740 g/mol. The Morgan fingerprint density at radius 3 is 0.846 bits per heavy atom. The molecule has 16 heteroatoms. The van der Waals surface area contributed by atoms with E-state index in [0.717, 1.165) is 0 Å². The van der Waals surface area contributed by atoms with Gasteiger partial charge >= 0.3 is 15.2 Å². The molecule has 0 radical (unpaired) electrons. The molecule has 0 bridgehead atoms. The van der Waals surface area contributed by atoms with Gasteiger partial charge in [0.05, 0.1) is 12.3 Å². The van der Waals surface area contributed by atoms with E-state index in [1.54, 1.807) is 72.8 Å². The molecule has 0 fully saturated rings. The normalized spacial score (nSPS) is 13.7. The highest BCUT2D eigenvalue weighted by atomic mass is 31.2. The Kier molecular flexibility index (Phi) is 16.6. The lowest BCUT2D eigenvalue weighted by Crippen LogP contribution is -2.30. The van der Waals surface area contributed by atoms with Gasteiger partial charge in [0.15, 0.2) is 0 Å². The van der Waals surface area contributed by atoms with Crippen LogP contribution >= 0.6 is 30.1 Å². The first-order valence-corrected chi connectivity index (χ1v) is 22.9. The molecule has 0 spiro atoms. The summed E-state index contributed by atoms with van der Waals surface area (Å²) in [6.45, 7) is 23.2. The smallest absolute Gasteiger partial charge is 0.416 e. The van der Waals surface area contributed by atoms with Gasteiger partial charge in [-0.05, 0) is 72.8 Å². The van der Waals surface area contributed by atoms with Crippen molar-refractivity contribution < 1.29 is 36.4 Å². The highest BCUT2D eigenvalue weighted by Gasteiger charge is 2.30. The zero-order valence-electron chi connectivity index (χ0n) is 28.9. The SMILES string of the molecule is C=CCNP(=O)(NCC=C)c1ccc(OP(=O)(CC=C)Oc2ccc(OP(=O)(CC=C)Oc3ccc(P(=O)(NCC=C)NCC=C)cc3)cc2)cc1. The third kappa shape index (κ3) is 12.6. The Bertz CT molecular complexity index is 1710. The van der Waals surface area contributed by atoms with Gasteiger partial charge in [0.1, 0.15) is 23.0 Å². The van der Waals surface area contributed by atoms with Crippen molar-refractivity contribution in [2.45, 2.75) is 0 Å². The standard InChI is InChI=1S/C36H46N4O8P4/c1-7-25-37-51(43,38-26-8-2)35-21-17-33(18-22-35)47-49(41,29-11-5)45-31-13-15-32(16-14-31)46-50(42,30-12-6)48-34-19-23-36(24-20-34)52(44,39-27-9-3)40-28-10-4/h7-24H,1-6,25-30H2,(H2,37,38,43)(H2,39,40,44). The lowest BCUT2D eigenvalue weighted by Gasteiger charge is -2.22. The number of hydrogen-bond acceptors (Lipinski definition) is 8. The average molecular weight is 787 g/mol. The summed E-state index contributed by atoms with van der Waals surface area (Å²) >= 11 is 0. The molecule has 0 amide bonds. The number of nitrogens with one attached hydrogen (secondary N) is 4. The van der Waals surface area contributed by atoms with Crippen molar-refractivity contribution in [2.75, 3.05) is 38.5 Å². The molecule has 3 aromatic rings. The van der Waals surface area contributed by atoms with Crippen molar-refractivity contribution in [3.8, 4) is 23.0 Å². The summed E-state index contributed by atoms with van der Waals surface area (Å²) in [5.74, 6) is 0.839. The third-order valence-corrected chi connectivity index (χ3v) is 14.7. The Balaban J connectivity index is 1.73. The van der Waals surface area contributed by atoms with E-state index >= 15 is 0 Å². The second kappa shape index (κ2) is 20.3. The minimum atomic E-state index is -3.81. The van der Waals surface area contributed by atoms with Gasteiger partial charge in [-0.3, -0.25) is 9.13 Å². The molecular formula is C36H46N4O8P4. The van der Waals surface area contributed by atoms with Crippen LogP contribution in [0.15, 0.2) is 149 Å². The predicted octanol–water partition coefficient (Wildman–Crippen LogP) is 8.10. The second-order valence-corrected chi connectivity index (χ2v) is 19.4. The molecule has 278 valence electrons. The second-order valence-electron chi connectivity index (χ2n) is 10.8. The number of rotatable bonds is 26. The summed E-state index contributed by atoms with van der Waals surface area (Å²) in [6.07, 6.45) is 9.02. The minimum Gasteiger partial charge on any atom is -0.416 e. The Labute approximate surface area is 306 Å². The van der Waals surface area contributed by atoms with Crippen LogP contribution in [0.5, 0.6) is 23.0 Å². The van der Waals surface area contributed by atoms with E-state index in [1.165, 1.54) is 36.4 Å². The van der Waals surface area contributed by atoms with Gasteiger partial charge in [-0.15, -0.1) is 39.5 Å². The van der Waals surface area contributed by atoms with Crippen LogP contribution in [-0.4, -0.2) is 38.5 Å². The van der Waals surface area contributed by atoms with Gasteiger partial charge < -0.3 is 18.1 Å². The van der Waals surface area contributed by atoms with E-state index in [-0.39, 0.29) is 35.3 Å². The number of hydrogen-bond donors (Lipinski definition) is 4. The Morgan fingerprint density at radius 2 is 0.635 bits per heavy atom. The first-order valence-electron chi connectivity index (χ1n) is 16.0. The quantitative estimate of drug-likeness (QED) is 0.0460. The van der Waals surface area contributed by atoms with E-state index in [9.17, 15) is 18.3 Å². The molecule has 0 aliphatic rings. The van der Waals surface area contributed by atoms with Gasteiger partial charge in [-0.1, -0.05) is 36.5 Å². The summed E-state index contributed by atoms with van der Waals surface area (Å²) < 4.78 is 77.8. The molecule has 2 atom stereocenters. The van der Waals surface area contributed by atoms with Crippen molar-refractivity contribution in [3.05, 3.63) is 149 Å². The molecule has 3 aromatic carbocycles. The zero-order chi connectivity index (χ0) is 38.1. The van der Waals surface area contributed by atoms with Crippen molar-refractivity contribution >= 4 is 40.7 Å². The Morgan fingerprint density at radius 1 is 0.404 bits per heavy atom. The van der Waals surface area contributed by atoms with Crippen LogP contribution in [0.4, 0.5) is 0 Å². The fourth-order valence-corrected chi connectivity index (χ4v) is 10.8. The molecule has 12 nitrogen and oxygen atoms in total. The third-order valence-electron chi connectivity index (χ3n) is 6.74. The van der Waals surface area contributed by atoms with Gasteiger partial charge in [0.2, 0.25) is 14.9 Å². The minimum absolute atomic E-state index is 0.113. The van der Waals surface area contributed by atoms with E-state index in [2.05, 4.69) is 59.8 Å². The molecule has 0 saturated carbocycles. The van der Waals surface area contributed by atoms with Crippen LogP contribution in [-0.2, 0) is 18.3 Å². The summed E-state index contributed by atoms with van der Waals surface area (Å²) in [5.41, 5.74) is 0. The van der Waals surface area contributed by atoms with Crippen LogP contribution in [0.25, 0.3) is 0 Å². The van der Waals surface area contributed by atoms with E-state index in [4.69, 9.17) is 18.1 Å². The summed E-state index contributed by atoms with van der Waals surface area (Å²) in [7, 11) is -14.0. The van der Waals surface area contributed by atoms with Crippen LogP contribution in [0, 0.1) is 0 Å². The predicted molar refractivity (Wildman–Crippen MR) is 214 cm³/mol. The maximum absolute atomic E-state index is 13.7. The fraction of sp³-hybridized carbons (Fsp3) is 0.167. The van der Waals surface area contributed by atoms with Crippen LogP contribution in [0.1, 0.15) is 0 Å². The molecule has 0 aliphatic carbocycles. The topological polar surface area (TPSA) is 153 Å². The molecule has 0 aliphatic heterocycles. The average Bonchev–Trinajstić information content (AvgIpc) is 3.13. The molecule has 4 N–H and O–H groups in total. The maximum atomic E-state index is 13.7. The largest absolute Gasteiger partial charge is 0.434 e. The van der Waals surface area contributed by atoms with Crippen molar-refractivity contribution in [1.82, 2.24) is 20.3 Å². The van der Waals surface area contributed by atoms with E-state index in [0.29, 0.717) is 36.8 Å². The van der Waals surface area contributed by atoms with Crippen molar-refractivity contribution in [3.63, 3.8) is 0 Å². The summed E-state index contributed by atoms with van der Waals surface area (Å²) in [5, 5.41) is 12.8. The zero-order valence-corrected chi connectivity index (χ0v) is 32.5. The van der Waals surface area contributed by atoms with Crippen LogP contribution < -0.4 is 49.1 Å². The first-order chi connectivity index (χ1) is 24.9. The Hall–Kier alpha value is -3.94. The van der Waals surface area contributed by atoms with E-state index < -0.39 is 30.1 Å². The highest BCUT2D eigenvalue weighted by Crippen LogP contribution is 2.51. The molecule has 52 heavy (non-hydrogen) atoms. The van der Waals surface area contributed by atoms with E-state index in [1.807, 2.05) is 0 Å². The first kappa shape index (κ1) is 42.5. The van der Waals surface area contributed by atoms with Crippen LogP contribution in [0.3, 0.4) is 0 Å². The van der Waals surface area contributed by atoms with Gasteiger partial charge in [0.25, 0.3) is 0 Å². The monoisotopic (exact) mass is 786 g/mol. The van der Waals surface area contributed by atoms with Crippen molar-refractivity contribution in [1.29, 1.82) is 0 Å². The van der Waals surface area contributed by atoms with Gasteiger partial charge in [-0.2, -0.15) is 0 Å². The van der Waals surface area contributed by atoms with Gasteiger partial charge in [0, 0.05) is 36.8 Å². The molecule has 3 rings (SSSR count). The molecule has 0 aromatic heterocycles. The number of benzene rings is 3. The fourth-order valence-electron chi connectivity index (χ4n) is 4.39. The summed E-state index contributed by atoms with van der Waals surface area (Å²) in [6, 6.07) is 18.6. The lowest BCUT2D eigenvalue weighted by molar-refractivity contribution is 0.384. The lowest BCUT2D eigenvalue weighted by atomic mass is 10.3. The summed E-state index contributed by atoms with van der Waals surface area (Å²) in [4.78, 5) is 0. The van der Waals surface area contributed by atoms with Crippen molar-refractivity contribution in [2.24, 2.45) is 0 Å². The van der Waals surface area contributed by atoms with Gasteiger partial charge in [-0.25, -0.2) is 29.5 Å². The highest BCUT2D eigenvalue weighted by molar-refractivity contribution is 7.68.